The van der Waals surface area contributed by atoms with Crippen molar-refractivity contribution in [1.82, 2.24) is 5.43 Å². The highest BCUT2D eigenvalue weighted by molar-refractivity contribution is 7.99. The number of nitrogens with one attached hydrogen (secondary N) is 1. The molecule has 0 radical (unpaired) electrons. The summed E-state index contributed by atoms with van der Waals surface area (Å²) in [6.45, 7) is 5.16. The summed E-state index contributed by atoms with van der Waals surface area (Å²) in [6.07, 6.45) is 2.52. The van der Waals surface area contributed by atoms with Crippen LogP contribution in [-0.2, 0) is 10.5 Å². The summed E-state index contributed by atoms with van der Waals surface area (Å²) >= 11 is 7.38. The SMILES string of the molecule is CCCOc1ccc(/C=N\NC(=O)CSCc2ccc(Cl)cc2)cc1OCC. The molecule has 0 saturated carbocycles. The van der Waals surface area contributed by atoms with Crippen LogP contribution in [0, 0.1) is 0 Å². The molecule has 0 heterocycles. The van der Waals surface area contributed by atoms with Crippen molar-refractivity contribution in [2.75, 3.05) is 19.0 Å². The number of amides is 1. The Labute approximate surface area is 175 Å². The maximum Gasteiger partial charge on any atom is 0.250 e. The van der Waals surface area contributed by atoms with Gasteiger partial charge in [0.15, 0.2) is 11.5 Å². The van der Waals surface area contributed by atoms with Crippen LogP contribution in [0.2, 0.25) is 5.02 Å². The summed E-state index contributed by atoms with van der Waals surface area (Å²) in [7, 11) is 0. The van der Waals surface area contributed by atoms with Crippen LogP contribution in [-0.4, -0.2) is 31.1 Å². The van der Waals surface area contributed by atoms with Gasteiger partial charge in [-0.1, -0.05) is 30.7 Å². The van der Waals surface area contributed by atoms with Crippen LogP contribution in [0.1, 0.15) is 31.4 Å². The summed E-state index contributed by atoms with van der Waals surface area (Å²) in [5.41, 5.74) is 4.49. The Balaban J connectivity index is 1.81. The number of hydrogen-bond donors (Lipinski definition) is 1. The first-order valence-corrected chi connectivity index (χ1v) is 10.7. The zero-order valence-electron chi connectivity index (χ0n) is 16.1. The number of carbonyl (C=O) groups excluding carboxylic acids is 1. The normalized spacial score (nSPS) is 10.8. The number of hydrazone groups is 1. The summed E-state index contributed by atoms with van der Waals surface area (Å²) in [6, 6.07) is 13.2. The van der Waals surface area contributed by atoms with Gasteiger partial charge in [-0.2, -0.15) is 5.10 Å². The largest absolute Gasteiger partial charge is 0.490 e. The molecule has 1 N–H and O–H groups in total. The quantitative estimate of drug-likeness (QED) is 0.414. The van der Waals surface area contributed by atoms with E-state index in [1.54, 1.807) is 6.21 Å². The molecule has 0 unspecified atom stereocenters. The minimum Gasteiger partial charge on any atom is -0.490 e. The average molecular weight is 421 g/mol. The molecule has 0 saturated heterocycles. The number of benzene rings is 2. The molecule has 0 aliphatic rings. The molecule has 0 aliphatic carbocycles. The fourth-order valence-corrected chi connectivity index (χ4v) is 3.16. The minimum absolute atomic E-state index is 0.150. The van der Waals surface area contributed by atoms with Gasteiger partial charge < -0.3 is 9.47 Å². The Morgan fingerprint density at radius 1 is 1.14 bits per heavy atom. The monoisotopic (exact) mass is 420 g/mol. The van der Waals surface area contributed by atoms with E-state index in [0.717, 1.165) is 23.3 Å². The van der Waals surface area contributed by atoms with Crippen molar-refractivity contribution in [3.05, 3.63) is 58.6 Å². The van der Waals surface area contributed by atoms with Crippen LogP contribution >= 0.6 is 23.4 Å². The predicted octanol–water partition coefficient (Wildman–Crippen LogP) is 4.91. The lowest BCUT2D eigenvalue weighted by molar-refractivity contribution is -0.118. The number of rotatable bonds is 11. The molecule has 0 atom stereocenters. The topological polar surface area (TPSA) is 59.9 Å². The van der Waals surface area contributed by atoms with Gasteiger partial charge in [-0.25, -0.2) is 5.43 Å². The molecule has 0 bridgehead atoms. The Morgan fingerprint density at radius 2 is 1.93 bits per heavy atom. The zero-order valence-corrected chi connectivity index (χ0v) is 17.7. The fraction of sp³-hybridized carbons (Fsp3) is 0.333. The minimum atomic E-state index is -0.150. The van der Waals surface area contributed by atoms with E-state index < -0.39 is 0 Å². The Morgan fingerprint density at radius 3 is 2.64 bits per heavy atom. The van der Waals surface area contributed by atoms with E-state index in [4.69, 9.17) is 21.1 Å². The molecule has 2 aromatic rings. The van der Waals surface area contributed by atoms with E-state index in [9.17, 15) is 4.79 Å². The van der Waals surface area contributed by atoms with Crippen LogP contribution in [0.25, 0.3) is 0 Å². The number of hydrogen-bond acceptors (Lipinski definition) is 5. The first-order chi connectivity index (χ1) is 13.6. The molecule has 0 fully saturated rings. The first kappa shape index (κ1) is 22.1. The Kier molecular flexibility index (Phi) is 9.72. The van der Waals surface area contributed by atoms with Crippen LogP contribution < -0.4 is 14.9 Å². The third-order valence-electron chi connectivity index (χ3n) is 3.55. The summed E-state index contributed by atoms with van der Waals surface area (Å²) in [5.74, 6) is 2.30. The number of thioether (sulfide) groups is 1. The molecule has 0 spiro atoms. The Bertz CT molecular complexity index is 782. The molecule has 5 nitrogen and oxygen atoms in total. The number of nitrogens with zero attached hydrogens (tertiary/aromatic N) is 1. The maximum absolute atomic E-state index is 11.9. The van der Waals surface area contributed by atoms with E-state index in [1.165, 1.54) is 11.8 Å². The third-order valence-corrected chi connectivity index (χ3v) is 4.80. The number of ether oxygens (including phenoxy) is 2. The molecule has 28 heavy (non-hydrogen) atoms. The van der Waals surface area contributed by atoms with Crippen molar-refractivity contribution in [3.63, 3.8) is 0 Å². The van der Waals surface area contributed by atoms with Gasteiger partial charge in [-0.3, -0.25) is 4.79 Å². The zero-order chi connectivity index (χ0) is 20.2. The summed E-state index contributed by atoms with van der Waals surface area (Å²) in [4.78, 5) is 11.9. The van der Waals surface area contributed by atoms with Gasteiger partial charge in [0, 0.05) is 10.8 Å². The lowest BCUT2D eigenvalue weighted by Gasteiger charge is -2.11. The Hall–Kier alpha value is -2.18. The van der Waals surface area contributed by atoms with Gasteiger partial charge >= 0.3 is 0 Å². The highest BCUT2D eigenvalue weighted by Gasteiger charge is 2.06. The molecule has 2 rings (SSSR count). The lowest BCUT2D eigenvalue weighted by Crippen LogP contribution is -2.19. The van der Waals surface area contributed by atoms with Crippen LogP contribution in [0.4, 0.5) is 0 Å². The van der Waals surface area contributed by atoms with Crippen molar-refractivity contribution < 1.29 is 14.3 Å². The molecule has 1 amide bonds. The molecular weight excluding hydrogens is 396 g/mol. The molecule has 7 heteroatoms. The third kappa shape index (κ3) is 7.82. The van der Waals surface area contributed by atoms with Crippen molar-refractivity contribution >= 4 is 35.5 Å². The van der Waals surface area contributed by atoms with Gasteiger partial charge in [-0.05, 0) is 54.8 Å². The standard InChI is InChI=1S/C21H25ClN2O3S/c1-3-11-27-19-10-7-17(12-20(19)26-4-2)13-23-24-21(25)15-28-14-16-5-8-18(22)9-6-16/h5-10,12-13H,3-4,11,14-15H2,1-2H3,(H,24,25)/b23-13-. The van der Waals surface area contributed by atoms with Crippen LogP contribution in [0.3, 0.4) is 0 Å². The molecule has 0 aromatic heterocycles. The fourth-order valence-electron chi connectivity index (χ4n) is 2.26. The van der Waals surface area contributed by atoms with E-state index in [0.29, 0.717) is 35.5 Å². The maximum atomic E-state index is 11.9. The second-order valence-electron chi connectivity index (χ2n) is 5.90. The number of carbonyl (C=O) groups is 1. The van der Waals surface area contributed by atoms with Gasteiger partial charge in [0.05, 0.1) is 25.2 Å². The molecule has 2 aromatic carbocycles. The van der Waals surface area contributed by atoms with Gasteiger partial charge in [-0.15, -0.1) is 11.8 Å². The van der Waals surface area contributed by atoms with Crippen LogP contribution in [0.15, 0.2) is 47.6 Å². The van der Waals surface area contributed by atoms with E-state index >= 15 is 0 Å². The second kappa shape index (κ2) is 12.3. The van der Waals surface area contributed by atoms with Crippen molar-refractivity contribution in [1.29, 1.82) is 0 Å². The van der Waals surface area contributed by atoms with Gasteiger partial charge in [0.25, 0.3) is 0 Å². The molecule has 0 aliphatic heterocycles. The summed E-state index contributed by atoms with van der Waals surface area (Å²) in [5, 5.41) is 4.73. The highest BCUT2D eigenvalue weighted by atomic mass is 35.5. The van der Waals surface area contributed by atoms with Crippen LogP contribution in [0.5, 0.6) is 11.5 Å². The second-order valence-corrected chi connectivity index (χ2v) is 7.32. The van der Waals surface area contributed by atoms with Crippen molar-refractivity contribution in [3.8, 4) is 11.5 Å². The van der Waals surface area contributed by atoms with E-state index in [-0.39, 0.29) is 5.91 Å². The number of halogens is 1. The predicted molar refractivity (Wildman–Crippen MR) is 117 cm³/mol. The average Bonchev–Trinajstić information content (AvgIpc) is 2.69. The van der Waals surface area contributed by atoms with Gasteiger partial charge in [0.1, 0.15) is 0 Å². The van der Waals surface area contributed by atoms with E-state index in [2.05, 4.69) is 17.5 Å². The molecule has 150 valence electrons. The summed E-state index contributed by atoms with van der Waals surface area (Å²) < 4.78 is 11.3. The lowest BCUT2D eigenvalue weighted by atomic mass is 10.2. The first-order valence-electron chi connectivity index (χ1n) is 9.16. The highest BCUT2D eigenvalue weighted by Crippen LogP contribution is 2.28. The smallest absolute Gasteiger partial charge is 0.250 e. The molecular formula is C21H25ClN2O3S. The van der Waals surface area contributed by atoms with Gasteiger partial charge in [0.2, 0.25) is 5.91 Å². The van der Waals surface area contributed by atoms with Crippen molar-refractivity contribution in [2.45, 2.75) is 26.0 Å². The van der Waals surface area contributed by atoms with E-state index in [1.807, 2.05) is 49.4 Å². The van der Waals surface area contributed by atoms with Crippen molar-refractivity contribution in [2.24, 2.45) is 5.10 Å².